The highest BCUT2D eigenvalue weighted by atomic mass is 16.5. The molecule has 0 saturated carbocycles. The van der Waals surface area contributed by atoms with E-state index in [1.54, 1.807) is 0 Å². The minimum Gasteiger partial charge on any atom is -0.481 e. The third-order valence-electron chi connectivity index (χ3n) is 4.45. The summed E-state index contributed by atoms with van der Waals surface area (Å²) in [6, 6.07) is 16.4. The number of rotatable bonds is 7. The van der Waals surface area contributed by atoms with Gasteiger partial charge in [-0.2, -0.15) is 0 Å². The number of carboxylic acid groups (broad SMARTS) is 1. The van der Waals surface area contributed by atoms with Gasteiger partial charge in [0, 0.05) is 12.3 Å². The van der Waals surface area contributed by atoms with Crippen LogP contribution in [0.2, 0.25) is 0 Å². The second-order valence-electron chi connectivity index (χ2n) is 6.35. The first-order valence-corrected chi connectivity index (χ1v) is 9.07. The van der Waals surface area contributed by atoms with Crippen LogP contribution in [0.4, 0.5) is 4.79 Å². The minimum atomic E-state index is -0.725. The van der Waals surface area contributed by atoms with E-state index in [1.165, 1.54) is 22.3 Å². The van der Waals surface area contributed by atoms with E-state index in [2.05, 4.69) is 24.3 Å². The number of hydrogen-bond donors (Lipinski definition) is 3. The highest BCUT2D eigenvalue weighted by Crippen LogP contribution is 2.44. The molecule has 0 unspecified atom stereocenters. The highest BCUT2D eigenvalue weighted by molar-refractivity contribution is 5.79. The topological polar surface area (TPSA) is 116 Å². The third kappa shape index (κ3) is 5.82. The Labute approximate surface area is 159 Å². The van der Waals surface area contributed by atoms with Crippen LogP contribution in [0.3, 0.4) is 0 Å². The number of primary amides is 1. The lowest BCUT2D eigenvalue weighted by molar-refractivity contribution is -0.137. The Bertz CT molecular complexity index is 731. The number of unbranched alkanes of at least 4 members (excludes halogenated alkanes) is 2. The lowest BCUT2D eigenvalue weighted by atomic mass is 9.98. The van der Waals surface area contributed by atoms with Crippen LogP contribution < -0.4 is 11.5 Å². The average molecular weight is 370 g/mol. The van der Waals surface area contributed by atoms with Crippen molar-refractivity contribution >= 4 is 12.1 Å². The predicted octanol–water partition coefficient (Wildman–Crippen LogP) is 3.48. The number of amides is 1. The molecule has 1 aliphatic carbocycles. The zero-order chi connectivity index (χ0) is 19.6. The average Bonchev–Trinajstić information content (AvgIpc) is 2.98. The van der Waals surface area contributed by atoms with Crippen LogP contribution in [0.25, 0.3) is 11.1 Å². The van der Waals surface area contributed by atoms with Gasteiger partial charge in [-0.1, -0.05) is 55.0 Å². The molecule has 3 rings (SSSR count). The Morgan fingerprint density at radius 1 is 0.926 bits per heavy atom. The summed E-state index contributed by atoms with van der Waals surface area (Å²) in [5.41, 5.74) is 15.1. The van der Waals surface area contributed by atoms with Crippen LogP contribution in [-0.4, -0.2) is 30.3 Å². The second-order valence-corrected chi connectivity index (χ2v) is 6.35. The van der Waals surface area contributed by atoms with Crippen molar-refractivity contribution in [3.05, 3.63) is 59.7 Å². The number of nitrogens with two attached hydrogens (primary N) is 2. The number of benzene rings is 2. The van der Waals surface area contributed by atoms with E-state index < -0.39 is 12.1 Å². The quantitative estimate of drug-likeness (QED) is 0.645. The molecular formula is C21H26N2O4. The molecule has 5 N–H and O–H groups in total. The van der Waals surface area contributed by atoms with Gasteiger partial charge in [-0.3, -0.25) is 4.79 Å². The van der Waals surface area contributed by atoms with Crippen LogP contribution >= 0.6 is 0 Å². The molecule has 0 radical (unpaired) electrons. The van der Waals surface area contributed by atoms with Gasteiger partial charge >= 0.3 is 12.1 Å². The molecule has 0 bridgehead atoms. The number of fused-ring (bicyclic) bond motifs is 3. The van der Waals surface area contributed by atoms with Crippen LogP contribution in [-0.2, 0) is 9.53 Å². The van der Waals surface area contributed by atoms with Crippen LogP contribution in [0, 0.1) is 0 Å². The maximum Gasteiger partial charge on any atom is 0.404 e. The van der Waals surface area contributed by atoms with E-state index in [-0.39, 0.29) is 12.3 Å². The SMILES string of the molecule is NC(=O)OCC1c2ccccc2-c2ccccc21.NCCCCCC(=O)O. The van der Waals surface area contributed by atoms with E-state index in [0.717, 1.165) is 19.3 Å². The largest absolute Gasteiger partial charge is 0.481 e. The molecule has 1 aliphatic rings. The number of ether oxygens (including phenoxy) is 1. The normalized spacial score (nSPS) is 11.7. The Kier molecular flexibility index (Phi) is 7.82. The zero-order valence-corrected chi connectivity index (χ0v) is 15.3. The van der Waals surface area contributed by atoms with Crippen molar-refractivity contribution in [2.75, 3.05) is 13.2 Å². The number of aliphatic carboxylic acids is 1. The molecule has 27 heavy (non-hydrogen) atoms. The van der Waals surface area contributed by atoms with Crippen molar-refractivity contribution in [1.29, 1.82) is 0 Å². The molecule has 0 heterocycles. The first-order valence-electron chi connectivity index (χ1n) is 9.07. The molecule has 144 valence electrons. The highest BCUT2D eigenvalue weighted by Gasteiger charge is 2.28. The van der Waals surface area contributed by atoms with Gasteiger partial charge in [-0.05, 0) is 41.6 Å². The molecular weight excluding hydrogens is 344 g/mol. The Balaban J connectivity index is 0.000000249. The first kappa shape index (κ1) is 20.5. The molecule has 0 spiro atoms. The van der Waals surface area contributed by atoms with Gasteiger partial charge in [0.2, 0.25) is 0 Å². The molecule has 6 nitrogen and oxygen atoms in total. The molecule has 0 saturated heterocycles. The van der Waals surface area contributed by atoms with Crippen LogP contribution in [0.1, 0.15) is 42.7 Å². The van der Waals surface area contributed by atoms with Crippen LogP contribution in [0.15, 0.2) is 48.5 Å². The fraction of sp³-hybridized carbons (Fsp3) is 0.333. The van der Waals surface area contributed by atoms with Gasteiger partial charge in [0.1, 0.15) is 6.61 Å². The van der Waals surface area contributed by atoms with E-state index in [4.69, 9.17) is 21.3 Å². The monoisotopic (exact) mass is 370 g/mol. The van der Waals surface area contributed by atoms with E-state index in [0.29, 0.717) is 13.2 Å². The van der Waals surface area contributed by atoms with E-state index in [9.17, 15) is 9.59 Å². The summed E-state index contributed by atoms with van der Waals surface area (Å²) in [6.07, 6.45) is 2.18. The fourth-order valence-corrected chi connectivity index (χ4v) is 3.20. The Hall–Kier alpha value is -2.86. The van der Waals surface area contributed by atoms with Crippen molar-refractivity contribution in [1.82, 2.24) is 0 Å². The third-order valence-corrected chi connectivity index (χ3v) is 4.45. The lowest BCUT2D eigenvalue weighted by Gasteiger charge is -2.12. The van der Waals surface area contributed by atoms with Gasteiger partial charge < -0.3 is 21.3 Å². The Morgan fingerprint density at radius 2 is 1.48 bits per heavy atom. The molecule has 1 amide bonds. The summed E-state index contributed by atoms with van der Waals surface area (Å²) in [4.78, 5) is 20.7. The molecule has 0 atom stereocenters. The van der Waals surface area contributed by atoms with Crippen molar-refractivity contribution in [3.63, 3.8) is 0 Å². The predicted molar refractivity (Wildman–Crippen MR) is 104 cm³/mol. The summed E-state index contributed by atoms with van der Waals surface area (Å²) in [5, 5.41) is 8.18. The Morgan fingerprint density at radius 3 is 1.96 bits per heavy atom. The molecule has 0 fully saturated rings. The molecule has 6 heteroatoms. The van der Waals surface area contributed by atoms with Crippen molar-refractivity contribution in [3.8, 4) is 11.1 Å². The number of carboxylic acids is 1. The van der Waals surface area contributed by atoms with Gasteiger partial charge in [-0.15, -0.1) is 0 Å². The number of carbonyl (C=O) groups is 2. The molecule has 0 aromatic heterocycles. The zero-order valence-electron chi connectivity index (χ0n) is 15.3. The lowest BCUT2D eigenvalue weighted by Crippen LogP contribution is -2.17. The van der Waals surface area contributed by atoms with Gasteiger partial charge in [-0.25, -0.2) is 4.79 Å². The smallest absolute Gasteiger partial charge is 0.404 e. The van der Waals surface area contributed by atoms with Crippen molar-refractivity contribution < 1.29 is 19.4 Å². The summed E-state index contributed by atoms with van der Waals surface area (Å²) < 4.78 is 4.98. The van der Waals surface area contributed by atoms with E-state index >= 15 is 0 Å². The second kappa shape index (κ2) is 10.3. The first-order chi connectivity index (χ1) is 13.0. The number of hydrogen-bond acceptors (Lipinski definition) is 4. The molecule has 2 aromatic rings. The summed E-state index contributed by atoms with van der Waals surface area (Å²) in [6.45, 7) is 0.961. The standard InChI is InChI=1S/C15H13NO2.C6H13NO2/c16-15(17)18-9-14-12-7-3-1-5-10(12)11-6-2-4-8-13(11)14;7-5-3-1-2-4-6(8)9/h1-8,14H,9H2,(H2,16,17);1-5,7H2,(H,8,9). The van der Waals surface area contributed by atoms with E-state index in [1.807, 2.05) is 24.3 Å². The van der Waals surface area contributed by atoms with Crippen molar-refractivity contribution in [2.24, 2.45) is 11.5 Å². The summed E-state index contributed by atoms with van der Waals surface area (Å²) >= 11 is 0. The molecule has 0 aliphatic heterocycles. The maximum absolute atomic E-state index is 10.8. The van der Waals surface area contributed by atoms with Gasteiger partial charge in [0.15, 0.2) is 0 Å². The minimum absolute atomic E-state index is 0.0879. The molecule has 2 aromatic carbocycles. The summed E-state index contributed by atoms with van der Waals surface area (Å²) in [7, 11) is 0. The maximum atomic E-state index is 10.8. The van der Waals surface area contributed by atoms with Gasteiger partial charge in [0.25, 0.3) is 0 Å². The summed E-state index contributed by atoms with van der Waals surface area (Å²) in [5.74, 6) is -0.628. The van der Waals surface area contributed by atoms with Crippen molar-refractivity contribution in [2.45, 2.75) is 31.6 Å². The van der Waals surface area contributed by atoms with Gasteiger partial charge in [0.05, 0.1) is 0 Å². The van der Waals surface area contributed by atoms with Crippen LogP contribution in [0.5, 0.6) is 0 Å². The fourth-order valence-electron chi connectivity index (χ4n) is 3.20. The number of carbonyl (C=O) groups excluding carboxylic acids is 1.